The summed E-state index contributed by atoms with van der Waals surface area (Å²) >= 11 is 1.34. The van der Waals surface area contributed by atoms with Crippen LogP contribution in [0, 0.1) is 20.8 Å². The van der Waals surface area contributed by atoms with E-state index in [1.807, 2.05) is 57.2 Å². The van der Waals surface area contributed by atoms with Crippen molar-refractivity contribution in [2.45, 2.75) is 20.8 Å². The Morgan fingerprint density at radius 1 is 1.00 bits per heavy atom. The Balaban J connectivity index is 1.59. The highest BCUT2D eigenvalue weighted by Crippen LogP contribution is 2.26. The van der Waals surface area contributed by atoms with Crippen molar-refractivity contribution in [1.29, 1.82) is 0 Å². The molecule has 3 aromatic rings. The number of hydrogen-bond donors (Lipinski definition) is 1. The van der Waals surface area contributed by atoms with E-state index in [1.54, 1.807) is 0 Å². The number of hydrogen-bond acceptors (Lipinski definition) is 5. The van der Waals surface area contributed by atoms with Crippen molar-refractivity contribution in [3.63, 3.8) is 0 Å². The number of ether oxygens (including phenoxy) is 1. The van der Waals surface area contributed by atoms with Crippen molar-refractivity contribution < 1.29 is 9.53 Å². The minimum Gasteiger partial charge on any atom is -0.484 e. The first kappa shape index (κ1) is 17.1. The van der Waals surface area contributed by atoms with E-state index >= 15 is 0 Å². The van der Waals surface area contributed by atoms with Crippen molar-refractivity contribution in [3.8, 4) is 16.3 Å². The van der Waals surface area contributed by atoms with E-state index < -0.39 is 0 Å². The lowest BCUT2D eigenvalue weighted by molar-refractivity contribution is -0.118. The highest BCUT2D eigenvalue weighted by molar-refractivity contribution is 7.18. The Morgan fingerprint density at radius 2 is 1.68 bits per heavy atom. The molecule has 1 amide bonds. The molecule has 3 rings (SSSR count). The molecular weight excluding hydrogens is 334 g/mol. The number of nitrogens with one attached hydrogen (secondary N) is 1. The van der Waals surface area contributed by atoms with Crippen LogP contribution in [0.5, 0.6) is 5.75 Å². The van der Waals surface area contributed by atoms with Crippen molar-refractivity contribution in [3.05, 3.63) is 59.2 Å². The third kappa shape index (κ3) is 4.64. The number of aromatic nitrogens is 2. The van der Waals surface area contributed by atoms with Gasteiger partial charge in [0, 0.05) is 5.56 Å². The molecule has 128 valence electrons. The van der Waals surface area contributed by atoms with Crippen LogP contribution in [0.2, 0.25) is 0 Å². The van der Waals surface area contributed by atoms with E-state index in [1.165, 1.54) is 16.9 Å². The lowest BCUT2D eigenvalue weighted by Crippen LogP contribution is -2.20. The molecule has 0 saturated heterocycles. The Labute approximate surface area is 150 Å². The second-order valence-corrected chi connectivity index (χ2v) is 6.92. The molecule has 6 heteroatoms. The van der Waals surface area contributed by atoms with E-state index in [2.05, 4.69) is 21.6 Å². The van der Waals surface area contributed by atoms with Crippen LogP contribution in [0.4, 0.5) is 5.13 Å². The summed E-state index contributed by atoms with van der Waals surface area (Å²) in [5, 5.41) is 12.1. The molecule has 0 aliphatic carbocycles. The quantitative estimate of drug-likeness (QED) is 0.748. The second-order valence-electron chi connectivity index (χ2n) is 5.94. The SMILES string of the molecule is Cc1ccc(-c2nnc(NC(=O)COc3cc(C)cc(C)c3)s2)cc1. The summed E-state index contributed by atoms with van der Waals surface area (Å²) < 4.78 is 5.55. The molecule has 0 saturated carbocycles. The predicted molar refractivity (Wildman–Crippen MR) is 100 cm³/mol. The number of carbonyl (C=O) groups excluding carboxylic acids is 1. The maximum absolute atomic E-state index is 12.0. The molecule has 0 unspecified atom stereocenters. The van der Waals surface area contributed by atoms with E-state index in [4.69, 9.17) is 4.74 Å². The lowest BCUT2D eigenvalue weighted by Gasteiger charge is -2.07. The molecule has 0 fully saturated rings. The molecule has 1 heterocycles. The summed E-state index contributed by atoms with van der Waals surface area (Å²) in [4.78, 5) is 12.0. The normalized spacial score (nSPS) is 10.5. The Kier molecular flexibility index (Phi) is 5.09. The summed E-state index contributed by atoms with van der Waals surface area (Å²) in [6.07, 6.45) is 0. The van der Waals surface area contributed by atoms with Crippen LogP contribution < -0.4 is 10.1 Å². The number of aryl methyl sites for hydroxylation is 3. The molecule has 2 aromatic carbocycles. The van der Waals surface area contributed by atoms with Crippen LogP contribution in [-0.4, -0.2) is 22.7 Å². The number of nitrogens with zero attached hydrogens (tertiary/aromatic N) is 2. The van der Waals surface area contributed by atoms with Crippen LogP contribution in [0.1, 0.15) is 16.7 Å². The van der Waals surface area contributed by atoms with E-state index in [0.29, 0.717) is 10.9 Å². The van der Waals surface area contributed by atoms with Gasteiger partial charge in [0.25, 0.3) is 5.91 Å². The molecule has 5 nitrogen and oxygen atoms in total. The highest BCUT2D eigenvalue weighted by atomic mass is 32.1. The van der Waals surface area contributed by atoms with Crippen LogP contribution in [0.3, 0.4) is 0 Å². The molecule has 1 aromatic heterocycles. The zero-order valence-corrected chi connectivity index (χ0v) is 15.2. The van der Waals surface area contributed by atoms with Gasteiger partial charge in [-0.05, 0) is 44.0 Å². The van der Waals surface area contributed by atoms with Crippen LogP contribution >= 0.6 is 11.3 Å². The first-order chi connectivity index (χ1) is 12.0. The second kappa shape index (κ2) is 7.44. The summed E-state index contributed by atoms with van der Waals surface area (Å²) in [6.45, 7) is 5.95. The van der Waals surface area contributed by atoms with Crippen LogP contribution in [0.25, 0.3) is 10.6 Å². The van der Waals surface area contributed by atoms with Gasteiger partial charge in [-0.25, -0.2) is 0 Å². The first-order valence-electron chi connectivity index (χ1n) is 7.91. The van der Waals surface area contributed by atoms with Crippen LogP contribution in [0.15, 0.2) is 42.5 Å². The Bertz CT molecular complexity index is 868. The zero-order chi connectivity index (χ0) is 17.8. The molecular formula is C19H19N3O2S. The van der Waals surface area contributed by atoms with E-state index in [-0.39, 0.29) is 12.5 Å². The van der Waals surface area contributed by atoms with E-state index in [0.717, 1.165) is 21.7 Å². The minimum absolute atomic E-state index is 0.0671. The largest absolute Gasteiger partial charge is 0.484 e. The average Bonchev–Trinajstić information content (AvgIpc) is 3.01. The monoisotopic (exact) mass is 353 g/mol. The Hall–Kier alpha value is -2.73. The van der Waals surface area contributed by atoms with Crippen molar-refractivity contribution in [2.75, 3.05) is 11.9 Å². The van der Waals surface area contributed by atoms with E-state index in [9.17, 15) is 4.79 Å². The van der Waals surface area contributed by atoms with Crippen molar-refractivity contribution >= 4 is 22.4 Å². The third-order valence-electron chi connectivity index (χ3n) is 3.53. The molecule has 0 radical (unpaired) electrons. The van der Waals surface area contributed by atoms with Crippen molar-refractivity contribution in [2.24, 2.45) is 0 Å². The number of rotatable bonds is 5. The smallest absolute Gasteiger partial charge is 0.264 e. The van der Waals surface area contributed by atoms with Gasteiger partial charge >= 0.3 is 0 Å². The number of amides is 1. The summed E-state index contributed by atoms with van der Waals surface area (Å²) in [5.74, 6) is 0.427. The fourth-order valence-electron chi connectivity index (χ4n) is 2.41. The van der Waals surface area contributed by atoms with Gasteiger partial charge in [-0.2, -0.15) is 0 Å². The summed E-state index contributed by atoms with van der Waals surface area (Å²) in [5.41, 5.74) is 4.37. The molecule has 0 aliphatic heterocycles. The number of carbonyl (C=O) groups is 1. The molecule has 0 bridgehead atoms. The van der Waals surface area contributed by atoms with Crippen molar-refractivity contribution in [1.82, 2.24) is 10.2 Å². The maximum atomic E-state index is 12.0. The molecule has 25 heavy (non-hydrogen) atoms. The summed E-state index contributed by atoms with van der Waals surface area (Å²) in [7, 11) is 0. The van der Waals surface area contributed by atoms with Gasteiger partial charge in [-0.1, -0.05) is 47.2 Å². The summed E-state index contributed by atoms with van der Waals surface area (Å²) in [6, 6.07) is 13.9. The average molecular weight is 353 g/mol. The molecule has 0 aliphatic rings. The van der Waals surface area contributed by atoms with Gasteiger partial charge in [0.05, 0.1) is 0 Å². The highest BCUT2D eigenvalue weighted by Gasteiger charge is 2.10. The number of anilines is 1. The third-order valence-corrected chi connectivity index (χ3v) is 4.42. The molecule has 0 spiro atoms. The van der Waals surface area contributed by atoms with Gasteiger partial charge in [-0.15, -0.1) is 10.2 Å². The molecule has 1 N–H and O–H groups in total. The maximum Gasteiger partial charge on any atom is 0.264 e. The lowest BCUT2D eigenvalue weighted by atomic mass is 10.1. The topological polar surface area (TPSA) is 64.1 Å². The minimum atomic E-state index is -0.259. The molecule has 0 atom stereocenters. The van der Waals surface area contributed by atoms with Gasteiger partial charge in [0.1, 0.15) is 10.8 Å². The van der Waals surface area contributed by atoms with Crippen LogP contribution in [-0.2, 0) is 4.79 Å². The predicted octanol–water partition coefficient (Wildman–Crippen LogP) is 4.15. The Morgan fingerprint density at radius 3 is 2.36 bits per heavy atom. The van der Waals surface area contributed by atoms with Gasteiger partial charge in [0.15, 0.2) is 6.61 Å². The van der Waals surface area contributed by atoms with Gasteiger partial charge in [0.2, 0.25) is 5.13 Å². The van der Waals surface area contributed by atoms with Gasteiger partial charge < -0.3 is 4.74 Å². The zero-order valence-electron chi connectivity index (χ0n) is 14.4. The standard InChI is InChI=1S/C19H19N3O2S/c1-12-4-6-15(7-5-12)18-21-22-19(25-18)20-17(23)11-24-16-9-13(2)8-14(3)10-16/h4-10H,11H2,1-3H3,(H,20,22,23). The number of benzene rings is 2. The van der Waals surface area contributed by atoms with Gasteiger partial charge in [-0.3, -0.25) is 10.1 Å². The fourth-order valence-corrected chi connectivity index (χ4v) is 3.17. The first-order valence-corrected chi connectivity index (χ1v) is 8.73. The fraction of sp³-hybridized carbons (Fsp3) is 0.211.